The molecule has 4 amide bonds. The van der Waals surface area contributed by atoms with E-state index in [2.05, 4.69) is 5.32 Å². The van der Waals surface area contributed by atoms with Crippen LogP contribution in [0.5, 0.6) is 11.5 Å². The fraction of sp³-hybridized carbons (Fsp3) is 0.0800. The zero-order valence-electron chi connectivity index (χ0n) is 18.5. The van der Waals surface area contributed by atoms with Gasteiger partial charge in [-0.3, -0.25) is 25.0 Å². The van der Waals surface area contributed by atoms with E-state index in [9.17, 15) is 24.5 Å². The molecule has 1 aliphatic heterocycles. The predicted octanol–water partition coefficient (Wildman–Crippen LogP) is 3.85. The van der Waals surface area contributed by atoms with E-state index in [1.54, 1.807) is 48.5 Å². The normalized spacial score (nSPS) is 14.6. The summed E-state index contributed by atoms with van der Waals surface area (Å²) in [6.07, 6.45) is 1.34. The highest BCUT2D eigenvalue weighted by Crippen LogP contribution is 2.27. The average molecular weight is 473 g/mol. The summed E-state index contributed by atoms with van der Waals surface area (Å²) in [5.74, 6) is -0.740. The number of nitro groups is 1. The first-order chi connectivity index (χ1) is 16.9. The molecule has 0 bridgehead atoms. The second kappa shape index (κ2) is 9.87. The molecule has 1 fully saturated rings. The number of hydrogen-bond donors (Lipinski definition) is 1. The second-order valence-electron chi connectivity index (χ2n) is 7.41. The molecule has 0 radical (unpaired) electrons. The maximum absolute atomic E-state index is 13.1. The summed E-state index contributed by atoms with van der Waals surface area (Å²) in [4.78, 5) is 49.4. The number of nitro benzene ring substituents is 1. The number of nitrogens with zero attached hydrogens (tertiary/aromatic N) is 2. The molecule has 10 nitrogen and oxygen atoms in total. The van der Waals surface area contributed by atoms with Crippen molar-refractivity contribution >= 4 is 35.3 Å². The van der Waals surface area contributed by atoms with Gasteiger partial charge in [0.2, 0.25) is 0 Å². The van der Waals surface area contributed by atoms with Gasteiger partial charge in [-0.2, -0.15) is 0 Å². The molecule has 4 rings (SSSR count). The van der Waals surface area contributed by atoms with Crippen molar-refractivity contribution in [1.82, 2.24) is 5.32 Å². The number of anilines is 1. The molecule has 3 aromatic carbocycles. The van der Waals surface area contributed by atoms with Crippen molar-refractivity contribution in [3.8, 4) is 11.5 Å². The van der Waals surface area contributed by atoms with Crippen LogP contribution in [0.4, 0.5) is 16.2 Å². The van der Waals surface area contributed by atoms with Crippen LogP contribution < -0.4 is 19.7 Å². The van der Waals surface area contributed by atoms with Crippen LogP contribution in [0.2, 0.25) is 0 Å². The Hall–Kier alpha value is -4.99. The van der Waals surface area contributed by atoms with Crippen LogP contribution in [0.15, 0.2) is 78.4 Å². The largest absolute Gasteiger partial charge is 0.497 e. The lowest BCUT2D eigenvalue weighted by molar-refractivity contribution is -0.384. The number of imide groups is 2. The van der Waals surface area contributed by atoms with Crippen LogP contribution in [0, 0.1) is 10.1 Å². The van der Waals surface area contributed by atoms with E-state index in [1.165, 1.54) is 37.5 Å². The number of non-ortho nitro benzene ring substituents is 1. The summed E-state index contributed by atoms with van der Waals surface area (Å²) in [5.41, 5.74) is 0.938. The SMILES string of the molecule is COc1ccc(N2C(=O)NC(=O)/C(=C\c3ccccc3OCc3cccc([N+](=O)[O-])c3)C2=O)cc1. The number of barbiturate groups is 1. The number of carbonyl (C=O) groups is 3. The maximum atomic E-state index is 13.1. The van der Waals surface area contributed by atoms with Crippen molar-refractivity contribution in [2.45, 2.75) is 6.61 Å². The molecular weight excluding hydrogens is 454 g/mol. The summed E-state index contributed by atoms with van der Waals surface area (Å²) in [5, 5.41) is 13.2. The van der Waals surface area contributed by atoms with Gasteiger partial charge < -0.3 is 9.47 Å². The van der Waals surface area contributed by atoms with E-state index in [-0.39, 0.29) is 23.6 Å². The van der Waals surface area contributed by atoms with E-state index in [0.717, 1.165) is 4.90 Å². The molecule has 0 unspecified atom stereocenters. The molecule has 1 aliphatic rings. The summed E-state index contributed by atoms with van der Waals surface area (Å²) in [6, 6.07) is 18.1. The molecule has 3 aromatic rings. The maximum Gasteiger partial charge on any atom is 0.335 e. The van der Waals surface area contributed by atoms with E-state index in [4.69, 9.17) is 9.47 Å². The fourth-order valence-corrected chi connectivity index (χ4v) is 3.43. The number of rotatable bonds is 7. The van der Waals surface area contributed by atoms with Crippen molar-refractivity contribution in [2.24, 2.45) is 0 Å². The van der Waals surface area contributed by atoms with Crippen LogP contribution >= 0.6 is 0 Å². The van der Waals surface area contributed by atoms with Crippen molar-refractivity contribution in [2.75, 3.05) is 12.0 Å². The topological polar surface area (TPSA) is 128 Å². The van der Waals surface area contributed by atoms with Gasteiger partial charge in [0.05, 0.1) is 17.7 Å². The zero-order chi connectivity index (χ0) is 24.9. The smallest absolute Gasteiger partial charge is 0.335 e. The van der Waals surface area contributed by atoms with Crippen LogP contribution in [-0.4, -0.2) is 29.9 Å². The molecular formula is C25H19N3O7. The number of methoxy groups -OCH3 is 1. The Morgan fingerprint density at radius 2 is 1.74 bits per heavy atom. The van der Waals surface area contributed by atoms with Gasteiger partial charge in [0.15, 0.2) is 0 Å². The summed E-state index contributed by atoms with van der Waals surface area (Å²) >= 11 is 0. The van der Waals surface area contributed by atoms with Crippen molar-refractivity contribution in [1.29, 1.82) is 0 Å². The molecule has 10 heteroatoms. The molecule has 0 aromatic heterocycles. The minimum Gasteiger partial charge on any atom is -0.497 e. The molecule has 0 spiro atoms. The number of carbonyl (C=O) groups excluding carboxylic acids is 3. The molecule has 176 valence electrons. The minimum atomic E-state index is -0.863. The van der Waals surface area contributed by atoms with Crippen LogP contribution in [-0.2, 0) is 16.2 Å². The number of benzene rings is 3. The highest BCUT2D eigenvalue weighted by molar-refractivity contribution is 6.39. The fourth-order valence-electron chi connectivity index (χ4n) is 3.43. The van der Waals surface area contributed by atoms with Crippen LogP contribution in [0.3, 0.4) is 0 Å². The Bertz CT molecular complexity index is 1350. The van der Waals surface area contributed by atoms with E-state index < -0.39 is 22.8 Å². The van der Waals surface area contributed by atoms with Gasteiger partial charge in [0.1, 0.15) is 23.7 Å². The molecule has 1 N–H and O–H groups in total. The third-order valence-corrected chi connectivity index (χ3v) is 5.17. The lowest BCUT2D eigenvalue weighted by Crippen LogP contribution is -2.54. The Kier molecular flexibility index (Phi) is 6.54. The third-order valence-electron chi connectivity index (χ3n) is 5.17. The summed E-state index contributed by atoms with van der Waals surface area (Å²) in [6.45, 7) is 0.0263. The first kappa shape index (κ1) is 23.2. The summed E-state index contributed by atoms with van der Waals surface area (Å²) in [7, 11) is 1.49. The lowest BCUT2D eigenvalue weighted by Gasteiger charge is -2.26. The molecule has 1 heterocycles. The number of hydrogen-bond acceptors (Lipinski definition) is 7. The van der Waals surface area contributed by atoms with Gasteiger partial charge in [0.25, 0.3) is 17.5 Å². The molecule has 0 saturated carbocycles. The highest BCUT2D eigenvalue weighted by Gasteiger charge is 2.37. The monoisotopic (exact) mass is 473 g/mol. The van der Waals surface area contributed by atoms with Gasteiger partial charge >= 0.3 is 6.03 Å². The van der Waals surface area contributed by atoms with E-state index >= 15 is 0 Å². The second-order valence-corrected chi connectivity index (χ2v) is 7.41. The Morgan fingerprint density at radius 3 is 2.46 bits per heavy atom. The number of para-hydroxylation sites is 1. The van der Waals surface area contributed by atoms with Gasteiger partial charge in [-0.05, 0) is 42.0 Å². The quantitative estimate of drug-likeness (QED) is 0.239. The van der Waals surface area contributed by atoms with E-state index in [0.29, 0.717) is 22.6 Å². The first-order valence-corrected chi connectivity index (χ1v) is 10.4. The van der Waals surface area contributed by atoms with E-state index in [1.807, 2.05) is 0 Å². The molecule has 0 aliphatic carbocycles. The summed E-state index contributed by atoms with van der Waals surface area (Å²) < 4.78 is 10.9. The Labute approximate surface area is 199 Å². The number of amides is 4. The van der Waals surface area contributed by atoms with Crippen molar-refractivity contribution < 1.29 is 28.8 Å². The van der Waals surface area contributed by atoms with Crippen molar-refractivity contribution in [3.63, 3.8) is 0 Å². The minimum absolute atomic E-state index is 0.0263. The average Bonchev–Trinajstić information content (AvgIpc) is 2.86. The van der Waals surface area contributed by atoms with Gasteiger partial charge in [0, 0.05) is 17.7 Å². The predicted molar refractivity (Wildman–Crippen MR) is 126 cm³/mol. The molecule has 0 atom stereocenters. The Balaban J connectivity index is 1.61. The lowest BCUT2D eigenvalue weighted by atomic mass is 10.1. The van der Waals surface area contributed by atoms with Gasteiger partial charge in [-0.1, -0.05) is 30.3 Å². The highest BCUT2D eigenvalue weighted by atomic mass is 16.6. The zero-order valence-corrected chi connectivity index (χ0v) is 18.5. The van der Waals surface area contributed by atoms with Gasteiger partial charge in [-0.15, -0.1) is 0 Å². The van der Waals surface area contributed by atoms with Crippen LogP contribution in [0.1, 0.15) is 11.1 Å². The third kappa shape index (κ3) is 5.01. The molecule has 1 saturated heterocycles. The first-order valence-electron chi connectivity index (χ1n) is 10.4. The Morgan fingerprint density at radius 1 is 1.00 bits per heavy atom. The van der Waals surface area contributed by atoms with Gasteiger partial charge in [-0.25, -0.2) is 9.69 Å². The molecule has 35 heavy (non-hydrogen) atoms. The number of nitrogens with one attached hydrogen (secondary N) is 1. The van der Waals surface area contributed by atoms with Crippen molar-refractivity contribution in [3.05, 3.63) is 99.6 Å². The van der Waals surface area contributed by atoms with Crippen LogP contribution in [0.25, 0.3) is 6.08 Å². The number of ether oxygens (including phenoxy) is 2. The standard InChI is InChI=1S/C25H19N3O7/c1-34-20-11-9-18(10-12-20)27-24(30)21(23(29)26-25(27)31)14-17-6-2-3-8-22(17)35-15-16-5-4-7-19(13-16)28(32)33/h2-14H,15H2,1H3,(H,26,29,31)/b21-14+. The number of urea groups is 1.